The summed E-state index contributed by atoms with van der Waals surface area (Å²) in [6, 6.07) is 7.45. The molecule has 0 spiro atoms. The lowest BCUT2D eigenvalue weighted by molar-refractivity contribution is 0.198. The highest BCUT2D eigenvalue weighted by molar-refractivity contribution is 5.75. The van der Waals surface area contributed by atoms with E-state index in [-0.39, 0.29) is 0 Å². The second kappa shape index (κ2) is 6.03. The first-order valence-corrected chi connectivity index (χ1v) is 7.79. The van der Waals surface area contributed by atoms with Gasteiger partial charge in [0.2, 0.25) is 0 Å². The normalized spacial score (nSPS) is 18.3. The summed E-state index contributed by atoms with van der Waals surface area (Å²) < 4.78 is 5.90. The fourth-order valence-corrected chi connectivity index (χ4v) is 2.82. The van der Waals surface area contributed by atoms with Gasteiger partial charge in [-0.1, -0.05) is 13.0 Å². The Kier molecular flexibility index (Phi) is 4.12. The smallest absolute Gasteiger partial charge is 0.298 e. The first kappa shape index (κ1) is 14.4. The zero-order valence-corrected chi connectivity index (χ0v) is 12.9. The van der Waals surface area contributed by atoms with Crippen molar-refractivity contribution < 1.29 is 4.42 Å². The molecule has 2 N–H and O–H groups in total. The van der Waals surface area contributed by atoms with Crippen LogP contribution in [0.5, 0.6) is 0 Å². The Morgan fingerprint density at radius 3 is 2.71 bits per heavy atom. The van der Waals surface area contributed by atoms with E-state index in [4.69, 9.17) is 10.2 Å². The van der Waals surface area contributed by atoms with Crippen LogP contribution in [-0.2, 0) is 6.42 Å². The van der Waals surface area contributed by atoms with Gasteiger partial charge in [0.15, 0.2) is 5.58 Å². The van der Waals surface area contributed by atoms with Crippen molar-refractivity contribution in [3.8, 4) is 0 Å². The van der Waals surface area contributed by atoms with Crippen LogP contribution in [-0.4, -0.2) is 48.6 Å². The number of hydrogen-bond acceptors (Lipinski definition) is 5. The van der Waals surface area contributed by atoms with E-state index in [9.17, 15) is 0 Å². The summed E-state index contributed by atoms with van der Waals surface area (Å²) in [5.41, 5.74) is 8.87. The minimum absolute atomic E-state index is 0.447. The highest BCUT2D eigenvalue weighted by Gasteiger charge is 2.23. The fourth-order valence-electron chi connectivity index (χ4n) is 2.82. The molecule has 1 aromatic heterocycles. The third-order valence-corrected chi connectivity index (χ3v) is 4.40. The van der Waals surface area contributed by atoms with Crippen LogP contribution in [0.2, 0.25) is 0 Å². The first-order valence-electron chi connectivity index (χ1n) is 7.79. The van der Waals surface area contributed by atoms with Crippen LogP contribution in [0.4, 0.5) is 6.01 Å². The maximum atomic E-state index is 5.90. The van der Waals surface area contributed by atoms with Crippen LogP contribution in [0.1, 0.15) is 19.4 Å². The van der Waals surface area contributed by atoms with Gasteiger partial charge in [0.1, 0.15) is 5.52 Å². The highest BCUT2D eigenvalue weighted by Crippen LogP contribution is 2.24. The number of oxazole rings is 1. The van der Waals surface area contributed by atoms with Crippen LogP contribution < -0.4 is 10.6 Å². The lowest BCUT2D eigenvalue weighted by Gasteiger charge is -2.36. The molecular weight excluding hydrogens is 264 g/mol. The third-order valence-electron chi connectivity index (χ3n) is 4.40. The zero-order chi connectivity index (χ0) is 14.8. The van der Waals surface area contributed by atoms with Gasteiger partial charge in [-0.2, -0.15) is 4.98 Å². The molecule has 114 valence electrons. The molecule has 1 saturated heterocycles. The van der Waals surface area contributed by atoms with E-state index < -0.39 is 0 Å². The van der Waals surface area contributed by atoms with Crippen LogP contribution in [0, 0.1) is 0 Å². The predicted octanol–water partition coefficient (Wildman–Crippen LogP) is 1.86. The summed E-state index contributed by atoms with van der Waals surface area (Å²) >= 11 is 0. The van der Waals surface area contributed by atoms with Gasteiger partial charge in [-0.25, -0.2) is 0 Å². The van der Waals surface area contributed by atoms with Crippen molar-refractivity contribution in [1.82, 2.24) is 9.88 Å². The molecule has 5 nitrogen and oxygen atoms in total. The molecule has 1 unspecified atom stereocenters. The van der Waals surface area contributed by atoms with Crippen molar-refractivity contribution in [2.45, 2.75) is 26.3 Å². The summed E-state index contributed by atoms with van der Waals surface area (Å²) in [5.74, 6) is 0. The quantitative estimate of drug-likeness (QED) is 0.930. The maximum Gasteiger partial charge on any atom is 0.298 e. The van der Waals surface area contributed by atoms with Gasteiger partial charge in [-0.3, -0.25) is 4.90 Å². The van der Waals surface area contributed by atoms with Gasteiger partial charge in [0, 0.05) is 38.8 Å². The Morgan fingerprint density at radius 1 is 1.29 bits per heavy atom. The molecule has 5 heteroatoms. The van der Waals surface area contributed by atoms with E-state index in [1.165, 1.54) is 5.56 Å². The Balaban J connectivity index is 1.73. The molecule has 2 aromatic rings. The molecule has 1 aliphatic heterocycles. The standard InChI is InChI=1S/C16H24N4O/c1-3-13-4-5-15-14(10-13)18-16(21-15)20-8-6-19(7-9-20)12(2)11-17/h4-5,10,12H,3,6-9,11,17H2,1-2H3. The number of rotatable bonds is 4. The molecule has 2 heterocycles. The van der Waals surface area contributed by atoms with Crippen molar-refractivity contribution in [2.24, 2.45) is 5.73 Å². The SMILES string of the molecule is CCc1ccc2oc(N3CCN(C(C)CN)CC3)nc2c1. The van der Waals surface area contributed by atoms with Gasteiger partial charge in [-0.05, 0) is 31.0 Å². The molecule has 0 aliphatic carbocycles. The van der Waals surface area contributed by atoms with E-state index in [0.29, 0.717) is 12.6 Å². The lowest BCUT2D eigenvalue weighted by atomic mass is 10.1. The van der Waals surface area contributed by atoms with E-state index in [0.717, 1.165) is 49.7 Å². The average molecular weight is 288 g/mol. The second-order valence-corrected chi connectivity index (χ2v) is 5.76. The number of nitrogens with zero attached hydrogens (tertiary/aromatic N) is 3. The summed E-state index contributed by atoms with van der Waals surface area (Å²) in [6.07, 6.45) is 1.02. The average Bonchev–Trinajstić information content (AvgIpc) is 2.97. The number of anilines is 1. The van der Waals surface area contributed by atoms with Crippen molar-refractivity contribution >= 4 is 17.1 Å². The zero-order valence-electron chi connectivity index (χ0n) is 12.9. The minimum Gasteiger partial charge on any atom is -0.423 e. The van der Waals surface area contributed by atoms with Gasteiger partial charge in [0.25, 0.3) is 6.01 Å². The molecule has 1 aromatic carbocycles. The van der Waals surface area contributed by atoms with Gasteiger partial charge in [0.05, 0.1) is 0 Å². The Hall–Kier alpha value is -1.59. The summed E-state index contributed by atoms with van der Waals surface area (Å²) in [7, 11) is 0. The number of fused-ring (bicyclic) bond motifs is 1. The van der Waals surface area contributed by atoms with Crippen molar-refractivity contribution in [3.63, 3.8) is 0 Å². The first-order chi connectivity index (χ1) is 10.2. The number of nitrogens with two attached hydrogens (primary N) is 1. The number of aromatic nitrogens is 1. The highest BCUT2D eigenvalue weighted by atomic mass is 16.4. The number of benzene rings is 1. The number of hydrogen-bond donors (Lipinski definition) is 1. The Labute approximate surface area is 125 Å². The van der Waals surface area contributed by atoms with Gasteiger partial charge < -0.3 is 15.1 Å². The van der Waals surface area contributed by atoms with Crippen molar-refractivity contribution in [3.05, 3.63) is 23.8 Å². The van der Waals surface area contributed by atoms with Crippen molar-refractivity contribution in [2.75, 3.05) is 37.6 Å². The van der Waals surface area contributed by atoms with Crippen LogP contribution in [0.3, 0.4) is 0 Å². The summed E-state index contributed by atoms with van der Waals surface area (Å²) in [4.78, 5) is 9.30. The molecule has 1 atom stereocenters. The molecule has 1 fully saturated rings. The molecule has 1 aliphatic rings. The van der Waals surface area contributed by atoms with Crippen LogP contribution in [0.15, 0.2) is 22.6 Å². The van der Waals surface area contributed by atoms with Gasteiger partial charge >= 0.3 is 0 Å². The van der Waals surface area contributed by atoms with Gasteiger partial charge in [-0.15, -0.1) is 0 Å². The molecule has 0 bridgehead atoms. The molecule has 0 radical (unpaired) electrons. The van der Waals surface area contributed by atoms with E-state index in [2.05, 4.69) is 40.8 Å². The molecule has 3 rings (SSSR count). The largest absolute Gasteiger partial charge is 0.423 e. The topological polar surface area (TPSA) is 58.5 Å². The fraction of sp³-hybridized carbons (Fsp3) is 0.562. The minimum atomic E-state index is 0.447. The third kappa shape index (κ3) is 2.89. The van der Waals surface area contributed by atoms with E-state index in [1.807, 2.05) is 6.07 Å². The Bertz CT molecular complexity index is 601. The molecular formula is C16H24N4O. The maximum absolute atomic E-state index is 5.90. The molecule has 21 heavy (non-hydrogen) atoms. The summed E-state index contributed by atoms with van der Waals surface area (Å²) in [5, 5.41) is 0. The number of aryl methyl sites for hydroxylation is 1. The van der Waals surface area contributed by atoms with Crippen LogP contribution in [0.25, 0.3) is 11.1 Å². The summed E-state index contributed by atoms with van der Waals surface area (Å²) in [6.45, 7) is 8.95. The van der Waals surface area contributed by atoms with Crippen molar-refractivity contribution in [1.29, 1.82) is 0 Å². The molecule has 0 amide bonds. The second-order valence-electron chi connectivity index (χ2n) is 5.76. The Morgan fingerprint density at radius 2 is 2.05 bits per heavy atom. The van der Waals surface area contributed by atoms with Crippen LogP contribution >= 0.6 is 0 Å². The predicted molar refractivity (Wildman–Crippen MR) is 85.7 cm³/mol. The monoisotopic (exact) mass is 288 g/mol. The number of piperazine rings is 1. The van der Waals surface area contributed by atoms with E-state index >= 15 is 0 Å². The van der Waals surface area contributed by atoms with E-state index in [1.54, 1.807) is 0 Å². The molecule has 0 saturated carbocycles. The lowest BCUT2D eigenvalue weighted by Crippen LogP contribution is -2.51.